The third kappa shape index (κ3) is 16.3. The molecule has 2 aromatic carbocycles. The lowest BCUT2D eigenvalue weighted by Crippen LogP contribution is -2.65. The highest BCUT2D eigenvalue weighted by Crippen LogP contribution is 2.27. The summed E-state index contributed by atoms with van der Waals surface area (Å²) < 4.78 is 5.93. The van der Waals surface area contributed by atoms with Crippen molar-refractivity contribution >= 4 is 53.2 Å². The predicted octanol–water partition coefficient (Wildman–Crippen LogP) is 0.902. The molecule has 0 spiro atoms. The number of hydrogen-bond acceptors (Lipinski definition) is 13. The molecule has 2 fully saturated rings. The van der Waals surface area contributed by atoms with E-state index in [9.17, 15) is 53.7 Å². The van der Waals surface area contributed by atoms with Crippen LogP contribution in [-0.2, 0) is 60.7 Å². The van der Waals surface area contributed by atoms with Crippen molar-refractivity contribution in [2.45, 2.75) is 172 Å². The van der Waals surface area contributed by atoms with Gasteiger partial charge in [-0.25, -0.2) is 4.79 Å². The van der Waals surface area contributed by atoms with E-state index in [0.29, 0.717) is 30.4 Å². The number of likely N-dealkylation sites (N-methyl/N-ethyl adjacent to an activating group) is 1. The van der Waals surface area contributed by atoms with Gasteiger partial charge in [-0.05, 0) is 87.0 Å². The fourth-order valence-corrected chi connectivity index (χ4v) is 9.40. The van der Waals surface area contributed by atoms with Gasteiger partial charge in [0.2, 0.25) is 47.3 Å². The first-order valence-electron chi connectivity index (χ1n) is 25.6. The lowest BCUT2D eigenvalue weighted by Gasteiger charge is -2.43. The number of phenols is 1. The second-order valence-corrected chi connectivity index (χ2v) is 19.9. The number of nitrogens with one attached hydrogen (secondary N) is 5. The molecule has 2 bridgehead atoms. The van der Waals surface area contributed by atoms with E-state index in [1.165, 1.54) is 26.1 Å². The van der Waals surface area contributed by atoms with E-state index in [2.05, 4.69) is 26.6 Å². The predicted molar refractivity (Wildman–Crippen MR) is 269 cm³/mol. The highest BCUT2D eigenvalue weighted by molar-refractivity contribution is 5.98. The average molecular weight is 1030 g/mol. The number of ether oxygens (including phenoxy) is 1. The molecule has 2 aromatic rings. The number of amides is 8. The molecule has 0 radical (unpaired) electrons. The Kier molecular flexibility index (Phi) is 21.5. The fourth-order valence-electron chi connectivity index (χ4n) is 9.40. The van der Waals surface area contributed by atoms with Crippen LogP contribution < -0.4 is 32.3 Å². The van der Waals surface area contributed by atoms with Gasteiger partial charge in [-0.2, -0.15) is 0 Å². The van der Waals surface area contributed by atoms with Crippen LogP contribution >= 0.6 is 0 Å². The summed E-state index contributed by atoms with van der Waals surface area (Å²) in [4.78, 5) is 130. The molecule has 3 aliphatic rings. The Hall–Kier alpha value is -6.87. The van der Waals surface area contributed by atoms with Crippen molar-refractivity contribution < 1.29 is 63.2 Å². The number of aliphatic hydroxyl groups excluding tert-OH is 2. The van der Waals surface area contributed by atoms with Crippen molar-refractivity contribution in [2.24, 2.45) is 17.6 Å². The molecule has 2 saturated heterocycles. The van der Waals surface area contributed by atoms with Crippen LogP contribution in [0.1, 0.15) is 109 Å². The monoisotopic (exact) mass is 1030 g/mol. The Morgan fingerprint density at radius 1 is 0.797 bits per heavy atom. The van der Waals surface area contributed by atoms with E-state index < -0.39 is 120 Å². The Morgan fingerprint density at radius 2 is 1.47 bits per heavy atom. The molecular weight excluding hydrogens is 957 g/mol. The Labute approximate surface area is 431 Å². The number of unbranched alkanes of at least 4 members (excludes halogenated alkanes) is 2. The van der Waals surface area contributed by atoms with Crippen molar-refractivity contribution in [1.82, 2.24) is 36.4 Å². The topological polar surface area (TPSA) is 316 Å². The van der Waals surface area contributed by atoms with Gasteiger partial charge in [0.15, 0.2) is 0 Å². The molecule has 0 saturated carbocycles. The minimum Gasteiger partial charge on any atom is -0.508 e. The van der Waals surface area contributed by atoms with Gasteiger partial charge in [-0.1, -0.05) is 88.2 Å². The Bertz CT molecular complexity index is 2330. The van der Waals surface area contributed by atoms with Crippen molar-refractivity contribution in [3.63, 3.8) is 0 Å². The number of carbonyl (C=O) groups is 9. The molecule has 1 aliphatic carbocycles. The number of fused-ring (bicyclic) bond motifs is 2. The summed E-state index contributed by atoms with van der Waals surface area (Å²) in [6.07, 6.45) is 1.22. The smallest absolute Gasteiger partial charge is 0.329 e. The highest BCUT2D eigenvalue weighted by Gasteiger charge is 2.46. The van der Waals surface area contributed by atoms with Gasteiger partial charge in [0, 0.05) is 32.7 Å². The third-order valence-electron chi connectivity index (χ3n) is 13.8. The standard InChI is InChI=1S/C53H74N8O13/c1-6-7-9-14-43(65)55-37(23-25-42(54)64)47(67)59-46-31(4)74-53(73)45(30(2)3)58-49(69)40(28-34-17-21-36(63)22-18-34)60(5)52(72)41(29-32-12-10-8-11-13-32)61-44(66)26-24-38(51(61)71)56-48(68)39(57-50(46)70)27-33-15-19-35(62)20-16-33/h8,10-13,15,17-19,21-22,30-31,33,35,37-41,44-46,62-63,66H,6-7,9,14,16,20,23-29H2,1-5H3,(H2,54,64)(H,55,65)(H,56,68)(H,57,70)(H,58,69)(H,59,67)/t31-,33+,35+,37+,38+,39+,40+,41+,44-,45+,46+/m1/s1. The molecule has 2 aliphatic heterocycles. The fraction of sp³-hybridized carbons (Fsp3) is 0.566. The van der Waals surface area contributed by atoms with E-state index in [1.54, 1.807) is 68.5 Å². The molecule has 21 heteroatoms. The van der Waals surface area contributed by atoms with E-state index in [1.807, 2.05) is 6.92 Å². The lowest BCUT2D eigenvalue weighted by molar-refractivity contribution is -0.165. The second kappa shape index (κ2) is 27.4. The quantitative estimate of drug-likeness (QED) is 0.0605. The van der Waals surface area contributed by atoms with Crippen LogP contribution in [0.25, 0.3) is 0 Å². The van der Waals surface area contributed by atoms with Crippen LogP contribution in [0.4, 0.5) is 0 Å². The minimum absolute atomic E-state index is 0.0597. The molecule has 8 amide bonds. The average Bonchev–Trinajstić information content (AvgIpc) is 3.36. The van der Waals surface area contributed by atoms with Gasteiger partial charge < -0.3 is 62.2 Å². The molecule has 0 aromatic heterocycles. The summed E-state index contributed by atoms with van der Waals surface area (Å²) in [5, 5.41) is 45.3. The molecule has 74 heavy (non-hydrogen) atoms. The van der Waals surface area contributed by atoms with Crippen molar-refractivity contribution in [2.75, 3.05) is 7.05 Å². The number of rotatable bonds is 17. The van der Waals surface area contributed by atoms with Crippen LogP contribution in [0.5, 0.6) is 5.75 Å². The van der Waals surface area contributed by atoms with Crippen molar-refractivity contribution in [1.29, 1.82) is 0 Å². The molecular formula is C53H74N8O13. The van der Waals surface area contributed by atoms with Crippen LogP contribution in [0.15, 0.2) is 66.7 Å². The zero-order valence-corrected chi connectivity index (χ0v) is 42.9. The number of aromatic hydroxyl groups is 1. The van der Waals surface area contributed by atoms with Gasteiger partial charge in [0.25, 0.3) is 0 Å². The second-order valence-electron chi connectivity index (χ2n) is 19.9. The number of phenolic OH excluding ortho intramolecular Hbond substituents is 1. The summed E-state index contributed by atoms with van der Waals surface area (Å²) in [5.74, 6) is -8.67. The first kappa shape index (κ1) is 58.0. The lowest BCUT2D eigenvalue weighted by atomic mass is 9.88. The van der Waals surface area contributed by atoms with Crippen LogP contribution in [0.2, 0.25) is 0 Å². The number of esters is 1. The number of nitrogens with two attached hydrogens (primary N) is 1. The number of allylic oxidation sites excluding steroid dienone is 1. The van der Waals surface area contributed by atoms with Gasteiger partial charge >= 0.3 is 5.97 Å². The zero-order chi connectivity index (χ0) is 54.2. The number of cyclic esters (lactones) is 1. The largest absolute Gasteiger partial charge is 0.508 e. The van der Waals surface area contributed by atoms with E-state index in [4.69, 9.17) is 10.5 Å². The van der Waals surface area contributed by atoms with Crippen molar-refractivity contribution in [3.8, 4) is 5.75 Å². The van der Waals surface area contributed by atoms with E-state index >= 15 is 4.79 Å². The number of hydrogen-bond donors (Lipinski definition) is 9. The number of piperidine rings is 1. The van der Waals surface area contributed by atoms with Crippen LogP contribution in [0.3, 0.4) is 0 Å². The molecule has 10 N–H and O–H groups in total. The maximum Gasteiger partial charge on any atom is 0.329 e. The number of carbonyl (C=O) groups excluding carboxylic acids is 9. The first-order chi connectivity index (χ1) is 35.2. The van der Waals surface area contributed by atoms with Crippen LogP contribution in [0, 0.1) is 11.8 Å². The van der Waals surface area contributed by atoms with Crippen molar-refractivity contribution in [3.05, 3.63) is 77.9 Å². The SMILES string of the molecule is CCCCCC(=O)N[C@@H](CCC(N)=O)C(=O)N[C@@H]1C(=O)N[C@@H](C[C@H]2C=C[C@H](O)CC2)C(=O)N[C@H]2CC[C@@H](O)N(C2=O)[C@@H](Cc2ccccc2)C(=O)N(C)[C@@H](Cc2ccc(O)cc2)C(=O)N[C@@H](C(C)C)C(=O)O[C@@H]1C. The normalized spacial score (nSPS) is 26.9. The summed E-state index contributed by atoms with van der Waals surface area (Å²) in [7, 11) is 1.36. The number of aliphatic hydroxyl groups is 2. The van der Waals surface area contributed by atoms with E-state index in [-0.39, 0.29) is 63.0 Å². The maximum atomic E-state index is 15.1. The third-order valence-corrected chi connectivity index (χ3v) is 13.8. The van der Waals surface area contributed by atoms with Gasteiger partial charge in [0.1, 0.15) is 60.4 Å². The minimum atomic E-state index is -1.80. The number of primary amides is 1. The van der Waals surface area contributed by atoms with Gasteiger partial charge in [-0.3, -0.25) is 38.4 Å². The summed E-state index contributed by atoms with van der Waals surface area (Å²) in [5.41, 5.74) is 6.54. The first-order valence-corrected chi connectivity index (χ1v) is 25.6. The summed E-state index contributed by atoms with van der Waals surface area (Å²) >= 11 is 0. The van der Waals surface area contributed by atoms with Gasteiger partial charge in [-0.15, -0.1) is 0 Å². The zero-order valence-electron chi connectivity index (χ0n) is 42.9. The Morgan fingerprint density at radius 3 is 2.11 bits per heavy atom. The maximum absolute atomic E-state index is 15.1. The summed E-state index contributed by atoms with van der Waals surface area (Å²) in [6, 6.07) is 4.36. The summed E-state index contributed by atoms with van der Waals surface area (Å²) in [6.45, 7) is 6.49. The number of nitrogens with zero attached hydrogens (tertiary/aromatic N) is 2. The van der Waals surface area contributed by atoms with Crippen LogP contribution in [-0.4, -0.2) is 146 Å². The molecule has 5 rings (SSSR count). The highest BCUT2D eigenvalue weighted by atomic mass is 16.5. The Balaban J connectivity index is 1.63. The van der Waals surface area contributed by atoms with Gasteiger partial charge in [0.05, 0.1) is 6.10 Å². The molecule has 404 valence electrons. The molecule has 21 nitrogen and oxygen atoms in total. The molecule has 0 unspecified atom stereocenters. The van der Waals surface area contributed by atoms with E-state index in [0.717, 1.165) is 22.6 Å². The molecule has 2 heterocycles. The molecule has 11 atom stereocenters. The number of benzene rings is 2.